The van der Waals surface area contributed by atoms with Crippen LogP contribution >= 0.6 is 0 Å². The van der Waals surface area contributed by atoms with Gasteiger partial charge in [-0.25, -0.2) is 0 Å². The first-order valence-electron chi connectivity index (χ1n) is 6.86. The molecule has 0 unspecified atom stereocenters. The van der Waals surface area contributed by atoms with Crippen molar-refractivity contribution in [2.75, 3.05) is 33.3 Å². The molecule has 0 saturated carbocycles. The Kier molecular flexibility index (Phi) is 3.53. The van der Waals surface area contributed by atoms with E-state index in [1.165, 1.54) is 0 Å². The Morgan fingerprint density at radius 1 is 1.32 bits per heavy atom. The lowest BCUT2D eigenvalue weighted by molar-refractivity contribution is 0.0777. The smallest absolute Gasteiger partial charge is 0.254 e. The molecule has 102 valence electrons. The van der Waals surface area contributed by atoms with E-state index in [0.29, 0.717) is 18.4 Å². The molecule has 4 nitrogen and oxygen atoms in total. The van der Waals surface area contributed by atoms with Crippen LogP contribution in [0.2, 0.25) is 0 Å². The minimum Gasteiger partial charge on any atom is -0.380 e. The average molecular weight is 260 g/mol. The topological polar surface area (TPSA) is 41.6 Å². The Morgan fingerprint density at radius 3 is 2.68 bits per heavy atom. The fraction of sp³-hybridized carbons (Fsp3) is 0.533. The van der Waals surface area contributed by atoms with Crippen molar-refractivity contribution in [2.24, 2.45) is 11.8 Å². The normalized spacial score (nSPS) is 25.6. The summed E-state index contributed by atoms with van der Waals surface area (Å²) in [6.45, 7) is 4.36. The van der Waals surface area contributed by atoms with Crippen LogP contribution < -0.4 is 5.32 Å². The number of hydrogen-bond donors (Lipinski definition) is 1. The first-order chi connectivity index (χ1) is 9.29. The molecule has 0 bridgehead atoms. The second-order valence-electron chi connectivity index (χ2n) is 5.48. The van der Waals surface area contributed by atoms with Crippen molar-refractivity contribution in [3.63, 3.8) is 0 Å². The highest BCUT2D eigenvalue weighted by Gasteiger charge is 2.38. The third-order valence-corrected chi connectivity index (χ3v) is 4.22. The van der Waals surface area contributed by atoms with E-state index in [0.717, 1.165) is 37.3 Å². The van der Waals surface area contributed by atoms with E-state index < -0.39 is 0 Å². The molecule has 3 rings (SSSR count). The molecule has 19 heavy (non-hydrogen) atoms. The van der Waals surface area contributed by atoms with Crippen LogP contribution in [0.1, 0.15) is 15.9 Å². The third-order valence-electron chi connectivity index (χ3n) is 4.22. The van der Waals surface area contributed by atoms with Crippen LogP contribution in [-0.4, -0.2) is 44.1 Å². The van der Waals surface area contributed by atoms with E-state index in [-0.39, 0.29) is 5.91 Å². The van der Waals surface area contributed by atoms with Gasteiger partial charge in [0.05, 0.1) is 6.61 Å². The Labute approximate surface area is 113 Å². The maximum atomic E-state index is 12.6. The van der Waals surface area contributed by atoms with Crippen molar-refractivity contribution in [1.29, 1.82) is 0 Å². The molecule has 1 aromatic rings. The number of amides is 1. The highest BCUT2D eigenvalue weighted by Crippen LogP contribution is 2.28. The van der Waals surface area contributed by atoms with Gasteiger partial charge in [0.2, 0.25) is 0 Å². The average Bonchev–Trinajstić information content (AvgIpc) is 2.99. The largest absolute Gasteiger partial charge is 0.380 e. The van der Waals surface area contributed by atoms with E-state index in [1.807, 2.05) is 29.2 Å². The summed E-state index contributed by atoms with van der Waals surface area (Å²) in [7, 11) is 1.66. The summed E-state index contributed by atoms with van der Waals surface area (Å²) < 4.78 is 5.18. The first kappa shape index (κ1) is 12.6. The molecular formula is C15H20N2O2. The van der Waals surface area contributed by atoms with Crippen molar-refractivity contribution in [2.45, 2.75) is 6.61 Å². The van der Waals surface area contributed by atoms with E-state index >= 15 is 0 Å². The minimum atomic E-state index is 0.155. The summed E-state index contributed by atoms with van der Waals surface area (Å²) in [5, 5.41) is 3.40. The summed E-state index contributed by atoms with van der Waals surface area (Å²) in [5.74, 6) is 1.43. The Balaban J connectivity index is 1.77. The van der Waals surface area contributed by atoms with E-state index in [1.54, 1.807) is 7.11 Å². The Hall–Kier alpha value is -1.39. The number of carbonyl (C=O) groups excluding carboxylic acids is 1. The van der Waals surface area contributed by atoms with Gasteiger partial charge in [-0.1, -0.05) is 18.2 Å². The van der Waals surface area contributed by atoms with Gasteiger partial charge < -0.3 is 15.0 Å². The molecule has 1 amide bonds. The molecule has 2 heterocycles. The van der Waals surface area contributed by atoms with Crippen LogP contribution in [0.4, 0.5) is 0 Å². The Morgan fingerprint density at radius 2 is 2.00 bits per heavy atom. The number of likely N-dealkylation sites (tertiary alicyclic amines) is 1. The van der Waals surface area contributed by atoms with Crippen LogP contribution in [0.3, 0.4) is 0 Å². The number of benzene rings is 1. The zero-order valence-corrected chi connectivity index (χ0v) is 11.3. The van der Waals surface area contributed by atoms with Crippen molar-refractivity contribution >= 4 is 5.91 Å². The van der Waals surface area contributed by atoms with Crippen LogP contribution in [0.5, 0.6) is 0 Å². The van der Waals surface area contributed by atoms with Crippen LogP contribution in [0, 0.1) is 11.8 Å². The summed E-state index contributed by atoms with van der Waals surface area (Å²) in [5.41, 5.74) is 1.77. The molecule has 0 spiro atoms. The van der Waals surface area contributed by atoms with Crippen molar-refractivity contribution in [3.8, 4) is 0 Å². The molecule has 0 aliphatic carbocycles. The number of nitrogens with zero attached hydrogens (tertiary/aromatic N) is 1. The summed E-state index contributed by atoms with van der Waals surface area (Å²) in [6.07, 6.45) is 0. The van der Waals surface area contributed by atoms with Crippen LogP contribution in [0.15, 0.2) is 24.3 Å². The summed E-state index contributed by atoms with van der Waals surface area (Å²) in [4.78, 5) is 14.6. The van der Waals surface area contributed by atoms with Gasteiger partial charge in [-0.05, 0) is 23.5 Å². The molecule has 0 aromatic heterocycles. The SMILES string of the molecule is COCc1ccccc1C(=O)N1C[C@H]2CNC[C@H]2C1. The molecule has 2 atom stereocenters. The van der Waals surface area contributed by atoms with E-state index in [4.69, 9.17) is 4.74 Å². The highest BCUT2D eigenvalue weighted by atomic mass is 16.5. The number of carbonyl (C=O) groups is 1. The second-order valence-corrected chi connectivity index (χ2v) is 5.48. The lowest BCUT2D eigenvalue weighted by Gasteiger charge is -2.19. The van der Waals surface area contributed by atoms with Crippen molar-refractivity contribution < 1.29 is 9.53 Å². The Bertz CT molecular complexity index is 463. The van der Waals surface area contributed by atoms with Crippen LogP contribution in [0.25, 0.3) is 0 Å². The fourth-order valence-corrected chi connectivity index (χ4v) is 3.20. The number of rotatable bonds is 3. The van der Waals surface area contributed by atoms with Gasteiger partial charge >= 0.3 is 0 Å². The predicted molar refractivity (Wildman–Crippen MR) is 72.9 cm³/mol. The number of methoxy groups -OCH3 is 1. The molecule has 0 radical (unpaired) electrons. The monoisotopic (exact) mass is 260 g/mol. The van der Waals surface area contributed by atoms with Gasteiger partial charge in [0, 0.05) is 38.9 Å². The van der Waals surface area contributed by atoms with Crippen molar-refractivity contribution in [1.82, 2.24) is 10.2 Å². The van der Waals surface area contributed by atoms with Gasteiger partial charge in [-0.2, -0.15) is 0 Å². The lowest BCUT2D eigenvalue weighted by atomic mass is 10.0. The zero-order valence-electron chi connectivity index (χ0n) is 11.3. The van der Waals surface area contributed by atoms with Gasteiger partial charge in [0.15, 0.2) is 0 Å². The summed E-state index contributed by atoms with van der Waals surface area (Å²) >= 11 is 0. The van der Waals surface area contributed by atoms with Gasteiger partial charge in [-0.15, -0.1) is 0 Å². The van der Waals surface area contributed by atoms with E-state index in [2.05, 4.69) is 5.32 Å². The first-order valence-corrected chi connectivity index (χ1v) is 6.86. The standard InChI is InChI=1S/C15H20N2O2/c1-19-10-11-4-2-3-5-14(11)15(18)17-8-12-6-16-7-13(12)9-17/h2-5,12-13,16H,6-10H2,1H3/t12-,13+. The van der Waals surface area contributed by atoms with Gasteiger partial charge in [-0.3, -0.25) is 4.79 Å². The highest BCUT2D eigenvalue weighted by molar-refractivity contribution is 5.95. The van der Waals surface area contributed by atoms with Crippen LogP contribution in [-0.2, 0) is 11.3 Å². The number of hydrogen-bond acceptors (Lipinski definition) is 3. The molecule has 2 saturated heterocycles. The second kappa shape index (κ2) is 5.31. The molecule has 4 heteroatoms. The predicted octanol–water partition coefficient (Wildman–Crippen LogP) is 1.12. The molecule has 2 fully saturated rings. The van der Waals surface area contributed by atoms with E-state index in [9.17, 15) is 4.79 Å². The maximum Gasteiger partial charge on any atom is 0.254 e. The van der Waals surface area contributed by atoms with Gasteiger partial charge in [0.1, 0.15) is 0 Å². The number of fused-ring (bicyclic) bond motifs is 1. The summed E-state index contributed by atoms with van der Waals surface area (Å²) in [6, 6.07) is 7.75. The lowest BCUT2D eigenvalue weighted by Crippen LogP contribution is -2.32. The molecular weight excluding hydrogens is 240 g/mol. The maximum absolute atomic E-state index is 12.6. The van der Waals surface area contributed by atoms with Gasteiger partial charge in [0.25, 0.3) is 5.91 Å². The number of nitrogens with one attached hydrogen (secondary N) is 1. The molecule has 1 aromatic carbocycles. The molecule has 2 aliphatic heterocycles. The zero-order chi connectivity index (χ0) is 13.2. The van der Waals surface area contributed by atoms with Crippen molar-refractivity contribution in [3.05, 3.63) is 35.4 Å². The molecule has 2 aliphatic rings. The molecule has 1 N–H and O–H groups in total. The fourth-order valence-electron chi connectivity index (χ4n) is 3.20. The number of ether oxygens (including phenoxy) is 1. The minimum absolute atomic E-state index is 0.155. The third kappa shape index (κ3) is 2.38. The quantitative estimate of drug-likeness (QED) is 0.885.